The van der Waals surface area contributed by atoms with Gasteiger partial charge in [0, 0.05) is 12.6 Å². The quantitative estimate of drug-likeness (QED) is 0.907. The highest BCUT2D eigenvalue weighted by Crippen LogP contribution is 2.33. The first-order valence-electron chi connectivity index (χ1n) is 8.38. The lowest BCUT2D eigenvalue weighted by Gasteiger charge is -2.35. The van der Waals surface area contributed by atoms with Crippen molar-refractivity contribution in [2.75, 3.05) is 6.54 Å². The molecule has 1 amide bonds. The lowest BCUT2D eigenvalue weighted by Crippen LogP contribution is -2.44. The van der Waals surface area contributed by atoms with E-state index in [9.17, 15) is 9.90 Å². The maximum absolute atomic E-state index is 12.5. The van der Waals surface area contributed by atoms with Crippen molar-refractivity contribution < 1.29 is 14.6 Å². The third kappa shape index (κ3) is 4.23. The zero-order valence-electron chi connectivity index (χ0n) is 13.0. The first kappa shape index (κ1) is 15.3. The molecule has 4 nitrogen and oxygen atoms in total. The predicted octanol–water partition coefficient (Wildman–Crippen LogP) is 3.34. The van der Waals surface area contributed by atoms with Crippen molar-refractivity contribution in [3.8, 4) is 0 Å². The van der Waals surface area contributed by atoms with Crippen LogP contribution in [0.3, 0.4) is 0 Å². The Bertz CT molecular complexity index is 478. The average molecular weight is 303 g/mol. The highest BCUT2D eigenvalue weighted by Gasteiger charge is 2.33. The predicted molar refractivity (Wildman–Crippen MR) is 84.3 cm³/mol. The molecule has 0 atom stereocenters. The summed E-state index contributed by atoms with van der Waals surface area (Å²) in [6.07, 6.45) is 5.39. The summed E-state index contributed by atoms with van der Waals surface area (Å²) in [5, 5.41) is 9.66. The van der Waals surface area contributed by atoms with Gasteiger partial charge in [-0.3, -0.25) is 0 Å². The van der Waals surface area contributed by atoms with Crippen LogP contribution in [0.5, 0.6) is 0 Å². The standard InChI is InChI=1S/C18H25NO3/c20-17-10-8-16(9-11-17)19(12-14-6-7-14)18(21)22-13-15-4-2-1-3-5-15/h1-5,14,16-17,20H,6-13H2. The Labute approximate surface area is 132 Å². The summed E-state index contributed by atoms with van der Waals surface area (Å²) >= 11 is 0. The molecule has 0 heterocycles. The van der Waals surface area contributed by atoms with Crippen molar-refractivity contribution in [1.82, 2.24) is 4.90 Å². The lowest BCUT2D eigenvalue weighted by molar-refractivity contribution is 0.0475. The summed E-state index contributed by atoms with van der Waals surface area (Å²) in [6, 6.07) is 10.0. The molecule has 0 spiro atoms. The number of aliphatic hydroxyl groups excluding tert-OH is 1. The van der Waals surface area contributed by atoms with Gasteiger partial charge in [-0.15, -0.1) is 0 Å². The van der Waals surface area contributed by atoms with Gasteiger partial charge in [-0.1, -0.05) is 30.3 Å². The Balaban J connectivity index is 1.57. The van der Waals surface area contributed by atoms with Crippen LogP contribution >= 0.6 is 0 Å². The molecule has 0 radical (unpaired) electrons. The number of hydrogen-bond acceptors (Lipinski definition) is 3. The van der Waals surface area contributed by atoms with E-state index in [1.54, 1.807) is 0 Å². The Hall–Kier alpha value is -1.55. The van der Waals surface area contributed by atoms with Crippen molar-refractivity contribution in [2.24, 2.45) is 5.92 Å². The number of nitrogens with zero attached hydrogens (tertiary/aromatic N) is 1. The summed E-state index contributed by atoms with van der Waals surface area (Å²) in [4.78, 5) is 14.4. The second-order valence-corrected chi connectivity index (χ2v) is 6.60. The van der Waals surface area contributed by atoms with Gasteiger partial charge in [0.25, 0.3) is 0 Å². The largest absolute Gasteiger partial charge is 0.445 e. The molecule has 0 aromatic heterocycles. The Kier molecular flexibility index (Phi) is 4.98. The summed E-state index contributed by atoms with van der Waals surface area (Å²) in [5.41, 5.74) is 1.02. The number of rotatable bonds is 5. The van der Waals surface area contributed by atoms with E-state index in [1.807, 2.05) is 35.2 Å². The molecule has 0 unspecified atom stereocenters. The molecule has 1 N–H and O–H groups in total. The van der Waals surface area contributed by atoms with E-state index < -0.39 is 0 Å². The van der Waals surface area contributed by atoms with Crippen LogP contribution in [0.15, 0.2) is 30.3 Å². The fraction of sp³-hybridized carbons (Fsp3) is 0.611. The number of carbonyl (C=O) groups excluding carboxylic acids is 1. The monoisotopic (exact) mass is 303 g/mol. The average Bonchev–Trinajstić information content (AvgIpc) is 3.36. The molecule has 0 aliphatic heterocycles. The molecule has 0 bridgehead atoms. The van der Waals surface area contributed by atoms with Crippen molar-refractivity contribution in [3.05, 3.63) is 35.9 Å². The summed E-state index contributed by atoms with van der Waals surface area (Å²) in [5.74, 6) is 0.649. The maximum atomic E-state index is 12.5. The van der Waals surface area contributed by atoms with Crippen LogP contribution < -0.4 is 0 Å². The van der Waals surface area contributed by atoms with E-state index in [2.05, 4.69) is 0 Å². The maximum Gasteiger partial charge on any atom is 0.410 e. The molecular weight excluding hydrogens is 278 g/mol. The minimum absolute atomic E-state index is 0.195. The molecule has 3 rings (SSSR count). The van der Waals surface area contributed by atoms with Gasteiger partial charge in [0.15, 0.2) is 0 Å². The molecule has 2 fully saturated rings. The number of carbonyl (C=O) groups is 1. The minimum Gasteiger partial charge on any atom is -0.445 e. The molecule has 0 saturated heterocycles. The normalized spacial score (nSPS) is 24.8. The molecule has 120 valence electrons. The molecule has 2 aliphatic rings. The zero-order valence-corrected chi connectivity index (χ0v) is 13.0. The topological polar surface area (TPSA) is 49.8 Å². The molecule has 2 aliphatic carbocycles. The van der Waals surface area contributed by atoms with E-state index in [1.165, 1.54) is 12.8 Å². The highest BCUT2D eigenvalue weighted by atomic mass is 16.6. The van der Waals surface area contributed by atoms with E-state index in [4.69, 9.17) is 4.74 Å². The first-order valence-corrected chi connectivity index (χ1v) is 8.38. The van der Waals surface area contributed by atoms with Crippen LogP contribution in [0.25, 0.3) is 0 Å². The number of hydrogen-bond donors (Lipinski definition) is 1. The lowest BCUT2D eigenvalue weighted by atomic mass is 9.92. The van der Waals surface area contributed by atoms with E-state index in [0.717, 1.165) is 37.8 Å². The Morgan fingerprint density at radius 2 is 1.77 bits per heavy atom. The van der Waals surface area contributed by atoms with E-state index in [-0.39, 0.29) is 18.2 Å². The Morgan fingerprint density at radius 3 is 2.41 bits per heavy atom. The third-order valence-corrected chi connectivity index (χ3v) is 4.70. The summed E-state index contributed by atoms with van der Waals surface area (Å²) in [6.45, 7) is 1.14. The second-order valence-electron chi connectivity index (χ2n) is 6.60. The highest BCUT2D eigenvalue weighted by molar-refractivity contribution is 5.68. The van der Waals surface area contributed by atoms with E-state index in [0.29, 0.717) is 12.5 Å². The summed E-state index contributed by atoms with van der Waals surface area (Å²) < 4.78 is 5.52. The van der Waals surface area contributed by atoms with Gasteiger partial charge in [0.2, 0.25) is 0 Å². The van der Waals surface area contributed by atoms with Crippen molar-refractivity contribution in [1.29, 1.82) is 0 Å². The number of aliphatic hydroxyl groups is 1. The number of ether oxygens (including phenoxy) is 1. The molecule has 2 saturated carbocycles. The van der Waals surface area contributed by atoms with Gasteiger partial charge in [0.1, 0.15) is 6.61 Å². The fourth-order valence-corrected chi connectivity index (χ4v) is 3.12. The molecular formula is C18H25NO3. The van der Waals surface area contributed by atoms with Crippen LogP contribution in [0.1, 0.15) is 44.1 Å². The van der Waals surface area contributed by atoms with Gasteiger partial charge in [-0.25, -0.2) is 4.79 Å². The number of amides is 1. The zero-order chi connectivity index (χ0) is 15.4. The van der Waals surface area contributed by atoms with Crippen molar-refractivity contribution in [3.63, 3.8) is 0 Å². The minimum atomic E-state index is -0.197. The van der Waals surface area contributed by atoms with Crippen molar-refractivity contribution in [2.45, 2.75) is 57.3 Å². The molecule has 1 aromatic rings. The van der Waals surface area contributed by atoms with Crippen LogP contribution in [0.2, 0.25) is 0 Å². The van der Waals surface area contributed by atoms with Crippen LogP contribution in [0, 0.1) is 5.92 Å². The van der Waals surface area contributed by atoms with Crippen LogP contribution in [-0.4, -0.2) is 34.8 Å². The third-order valence-electron chi connectivity index (χ3n) is 4.70. The van der Waals surface area contributed by atoms with Crippen molar-refractivity contribution >= 4 is 6.09 Å². The van der Waals surface area contributed by atoms with Gasteiger partial charge >= 0.3 is 6.09 Å². The van der Waals surface area contributed by atoms with Gasteiger partial charge in [0.05, 0.1) is 6.10 Å². The Morgan fingerprint density at radius 1 is 1.09 bits per heavy atom. The van der Waals surface area contributed by atoms with E-state index >= 15 is 0 Å². The smallest absolute Gasteiger partial charge is 0.410 e. The van der Waals surface area contributed by atoms with Crippen LogP contribution in [0.4, 0.5) is 4.79 Å². The van der Waals surface area contributed by atoms with Gasteiger partial charge in [-0.2, -0.15) is 0 Å². The first-order chi connectivity index (χ1) is 10.7. The molecule has 4 heteroatoms. The van der Waals surface area contributed by atoms with Gasteiger partial charge in [-0.05, 0) is 50.0 Å². The molecule has 22 heavy (non-hydrogen) atoms. The van der Waals surface area contributed by atoms with Crippen LogP contribution in [-0.2, 0) is 11.3 Å². The fourth-order valence-electron chi connectivity index (χ4n) is 3.12. The second kappa shape index (κ2) is 7.14. The SMILES string of the molecule is O=C(OCc1ccccc1)N(CC1CC1)C1CCC(O)CC1. The number of benzene rings is 1. The molecule has 1 aromatic carbocycles. The van der Waals surface area contributed by atoms with Gasteiger partial charge < -0.3 is 14.7 Å². The summed E-state index contributed by atoms with van der Waals surface area (Å²) in [7, 11) is 0.